The number of nitrogens with two attached hydrogens (primary N) is 1. The maximum absolute atomic E-state index is 5.47. The van der Waals surface area contributed by atoms with Gasteiger partial charge in [-0.2, -0.15) is 0 Å². The lowest BCUT2D eigenvalue weighted by Crippen LogP contribution is -3.00. The van der Waals surface area contributed by atoms with Crippen molar-refractivity contribution in [3.8, 4) is 11.5 Å². The summed E-state index contributed by atoms with van der Waals surface area (Å²) in [5.41, 5.74) is 6.50. The molecule has 1 aromatic rings. The Bertz CT molecular complexity index is 266. The minimum Gasteiger partial charge on any atom is -1.00 e. The van der Waals surface area contributed by atoms with Gasteiger partial charge in [-0.15, -0.1) is 0 Å². The van der Waals surface area contributed by atoms with Crippen molar-refractivity contribution in [3.05, 3.63) is 23.8 Å². The van der Waals surface area contributed by atoms with Gasteiger partial charge in [0.25, 0.3) is 0 Å². The Morgan fingerprint density at radius 1 is 1.15 bits per heavy atom. The fourth-order valence-electron chi connectivity index (χ4n) is 1.01. The molecule has 0 aliphatic heterocycles. The standard InChI is InChI=1S/C9H13NO2.ClH/c1-11-8-4-3-7(6-10)5-9(8)12-2;/h3-5H,6,10H2,1-2H3;1H/p-1. The van der Waals surface area contributed by atoms with E-state index in [4.69, 9.17) is 15.2 Å². The molecule has 0 spiro atoms. The van der Waals surface area contributed by atoms with Crippen LogP contribution in [0.3, 0.4) is 0 Å². The van der Waals surface area contributed by atoms with Gasteiger partial charge in [-0.05, 0) is 17.7 Å². The van der Waals surface area contributed by atoms with E-state index in [0.29, 0.717) is 6.54 Å². The highest BCUT2D eigenvalue weighted by Crippen LogP contribution is 2.27. The van der Waals surface area contributed by atoms with E-state index < -0.39 is 0 Å². The summed E-state index contributed by atoms with van der Waals surface area (Å²) in [6.07, 6.45) is 0. The van der Waals surface area contributed by atoms with E-state index in [1.54, 1.807) is 14.2 Å². The van der Waals surface area contributed by atoms with Crippen LogP contribution in [-0.4, -0.2) is 14.2 Å². The first-order valence-corrected chi connectivity index (χ1v) is 3.72. The van der Waals surface area contributed by atoms with Gasteiger partial charge in [0.2, 0.25) is 0 Å². The molecule has 1 rings (SSSR count). The minimum absolute atomic E-state index is 0. The highest BCUT2D eigenvalue weighted by molar-refractivity contribution is 5.42. The molecule has 0 saturated heterocycles. The second-order valence-electron chi connectivity index (χ2n) is 2.39. The summed E-state index contributed by atoms with van der Waals surface area (Å²) in [6.45, 7) is 0.514. The molecule has 0 saturated carbocycles. The zero-order valence-corrected chi connectivity index (χ0v) is 8.47. The Morgan fingerprint density at radius 2 is 1.77 bits per heavy atom. The first-order valence-electron chi connectivity index (χ1n) is 3.72. The lowest BCUT2D eigenvalue weighted by molar-refractivity contribution is -0.00000311. The number of ether oxygens (including phenoxy) is 2. The minimum atomic E-state index is 0. The van der Waals surface area contributed by atoms with Crippen LogP contribution < -0.4 is 27.6 Å². The third-order valence-electron chi connectivity index (χ3n) is 1.68. The molecule has 3 nitrogen and oxygen atoms in total. The van der Waals surface area contributed by atoms with Crippen molar-refractivity contribution in [1.82, 2.24) is 0 Å². The summed E-state index contributed by atoms with van der Waals surface area (Å²) in [6, 6.07) is 5.64. The molecule has 0 heterocycles. The van der Waals surface area contributed by atoms with Crippen LogP contribution in [-0.2, 0) is 6.54 Å². The van der Waals surface area contributed by atoms with Gasteiger partial charge in [0.05, 0.1) is 14.2 Å². The van der Waals surface area contributed by atoms with Crippen molar-refractivity contribution < 1.29 is 21.9 Å². The van der Waals surface area contributed by atoms with Crippen LogP contribution in [0.5, 0.6) is 11.5 Å². The molecule has 74 valence electrons. The van der Waals surface area contributed by atoms with Crippen molar-refractivity contribution >= 4 is 0 Å². The molecule has 0 aliphatic carbocycles. The number of hydrogen-bond donors (Lipinski definition) is 1. The molecule has 0 unspecified atom stereocenters. The van der Waals surface area contributed by atoms with Crippen LogP contribution in [0.25, 0.3) is 0 Å². The Hall–Kier alpha value is -0.930. The smallest absolute Gasteiger partial charge is 0.161 e. The molecule has 0 radical (unpaired) electrons. The average Bonchev–Trinajstić information content (AvgIpc) is 2.16. The van der Waals surface area contributed by atoms with E-state index >= 15 is 0 Å². The fourth-order valence-corrected chi connectivity index (χ4v) is 1.01. The topological polar surface area (TPSA) is 44.5 Å². The van der Waals surface area contributed by atoms with E-state index in [0.717, 1.165) is 17.1 Å². The van der Waals surface area contributed by atoms with Crippen LogP contribution in [0.1, 0.15) is 5.56 Å². The van der Waals surface area contributed by atoms with Crippen molar-refractivity contribution in [2.24, 2.45) is 5.73 Å². The summed E-state index contributed by atoms with van der Waals surface area (Å²) < 4.78 is 10.2. The normalized spacial score (nSPS) is 8.85. The molecule has 13 heavy (non-hydrogen) atoms. The zero-order chi connectivity index (χ0) is 8.97. The second kappa shape index (κ2) is 5.67. The molecule has 0 amide bonds. The molecule has 0 aromatic heterocycles. The van der Waals surface area contributed by atoms with E-state index in [1.165, 1.54) is 0 Å². The Labute approximate surface area is 84.2 Å². The van der Waals surface area contributed by atoms with Crippen LogP contribution in [0.2, 0.25) is 0 Å². The number of benzene rings is 1. The maximum atomic E-state index is 5.47. The van der Waals surface area contributed by atoms with Gasteiger partial charge < -0.3 is 27.6 Å². The van der Waals surface area contributed by atoms with Crippen LogP contribution in [0, 0.1) is 0 Å². The quantitative estimate of drug-likeness (QED) is 0.627. The van der Waals surface area contributed by atoms with E-state index in [2.05, 4.69) is 0 Å². The Morgan fingerprint density at radius 3 is 2.23 bits per heavy atom. The molecule has 4 heteroatoms. The fraction of sp³-hybridized carbons (Fsp3) is 0.333. The van der Waals surface area contributed by atoms with E-state index in [9.17, 15) is 0 Å². The van der Waals surface area contributed by atoms with Crippen molar-refractivity contribution in [2.75, 3.05) is 14.2 Å². The zero-order valence-electron chi connectivity index (χ0n) is 7.71. The maximum Gasteiger partial charge on any atom is 0.161 e. The molecular weight excluding hydrogens is 190 g/mol. The summed E-state index contributed by atoms with van der Waals surface area (Å²) in [5.74, 6) is 1.45. The summed E-state index contributed by atoms with van der Waals surface area (Å²) in [5, 5.41) is 0. The van der Waals surface area contributed by atoms with Crippen molar-refractivity contribution in [2.45, 2.75) is 6.54 Å². The lowest BCUT2D eigenvalue weighted by atomic mass is 10.2. The molecule has 1 aromatic carbocycles. The van der Waals surface area contributed by atoms with Crippen molar-refractivity contribution in [1.29, 1.82) is 0 Å². The summed E-state index contributed by atoms with van der Waals surface area (Å²) >= 11 is 0. The average molecular weight is 203 g/mol. The van der Waals surface area contributed by atoms with Crippen LogP contribution >= 0.6 is 0 Å². The number of methoxy groups -OCH3 is 2. The predicted octanol–water partition coefficient (Wildman–Crippen LogP) is -1.83. The molecule has 0 fully saturated rings. The molecule has 0 aliphatic rings. The van der Waals surface area contributed by atoms with Gasteiger partial charge >= 0.3 is 0 Å². The Kier molecular flexibility index (Phi) is 5.26. The van der Waals surface area contributed by atoms with E-state index in [1.807, 2.05) is 18.2 Å². The largest absolute Gasteiger partial charge is 1.00 e. The lowest BCUT2D eigenvalue weighted by Gasteiger charge is -2.07. The molecule has 2 N–H and O–H groups in total. The third kappa shape index (κ3) is 2.79. The van der Waals surface area contributed by atoms with Gasteiger partial charge in [0, 0.05) is 6.54 Å². The SMILES string of the molecule is COc1ccc(CN)cc1OC.[Cl-]. The van der Waals surface area contributed by atoms with Gasteiger partial charge in [-0.1, -0.05) is 6.07 Å². The van der Waals surface area contributed by atoms with Crippen LogP contribution in [0.4, 0.5) is 0 Å². The van der Waals surface area contributed by atoms with Gasteiger partial charge in [-0.3, -0.25) is 0 Å². The molecule has 0 atom stereocenters. The second-order valence-corrected chi connectivity index (χ2v) is 2.39. The first kappa shape index (κ1) is 12.1. The molecular formula is C9H13ClNO2-. The number of halogens is 1. The highest BCUT2D eigenvalue weighted by Gasteiger charge is 2.02. The van der Waals surface area contributed by atoms with Gasteiger partial charge in [0.15, 0.2) is 11.5 Å². The van der Waals surface area contributed by atoms with Gasteiger partial charge in [-0.25, -0.2) is 0 Å². The molecule has 0 bridgehead atoms. The van der Waals surface area contributed by atoms with Crippen molar-refractivity contribution in [3.63, 3.8) is 0 Å². The first-order chi connectivity index (χ1) is 5.81. The van der Waals surface area contributed by atoms with Gasteiger partial charge in [0.1, 0.15) is 0 Å². The predicted molar refractivity (Wildman–Crippen MR) is 47.4 cm³/mol. The monoisotopic (exact) mass is 202 g/mol. The summed E-state index contributed by atoms with van der Waals surface area (Å²) in [4.78, 5) is 0. The Balaban J connectivity index is 0.00000144. The van der Waals surface area contributed by atoms with Crippen LogP contribution in [0.15, 0.2) is 18.2 Å². The third-order valence-corrected chi connectivity index (χ3v) is 1.68. The number of rotatable bonds is 3. The number of hydrogen-bond acceptors (Lipinski definition) is 3. The van der Waals surface area contributed by atoms with E-state index in [-0.39, 0.29) is 12.4 Å². The summed E-state index contributed by atoms with van der Waals surface area (Å²) in [7, 11) is 3.22. The highest BCUT2D eigenvalue weighted by atomic mass is 35.5.